The van der Waals surface area contributed by atoms with Crippen molar-refractivity contribution in [2.24, 2.45) is 0 Å². The first-order valence-corrected chi connectivity index (χ1v) is 18.3. The molecule has 0 radical (unpaired) electrons. The van der Waals surface area contributed by atoms with E-state index in [4.69, 9.17) is 14.2 Å². The summed E-state index contributed by atoms with van der Waals surface area (Å²) < 4.78 is 18.9. The summed E-state index contributed by atoms with van der Waals surface area (Å²) in [4.78, 5) is 13.9. The van der Waals surface area contributed by atoms with Gasteiger partial charge in [0.05, 0.1) is 18.8 Å². The van der Waals surface area contributed by atoms with Gasteiger partial charge < -0.3 is 30.0 Å². The second-order valence-electron chi connectivity index (χ2n) is 12.5. The number of rotatable bonds is 12. The number of carbonyl (C=O) groups is 1. The molecule has 1 fully saturated rings. The van der Waals surface area contributed by atoms with Crippen LogP contribution in [0.15, 0.2) is 163 Å². The van der Waals surface area contributed by atoms with E-state index in [0.717, 1.165) is 51.3 Å². The summed E-state index contributed by atoms with van der Waals surface area (Å²) in [7, 11) is 0. The Morgan fingerprint density at radius 1 is 0.692 bits per heavy atom. The molecule has 0 spiro atoms. The van der Waals surface area contributed by atoms with Gasteiger partial charge in [-0.25, -0.2) is 4.79 Å². The Morgan fingerprint density at radius 3 is 2.12 bits per heavy atom. The number of aliphatic hydroxyl groups is 1. The average molecular weight is 709 g/mol. The van der Waals surface area contributed by atoms with Gasteiger partial charge in [0.15, 0.2) is 6.29 Å². The second kappa shape index (κ2) is 17.2. The first-order chi connectivity index (χ1) is 25.6. The molecule has 1 aliphatic heterocycles. The second-order valence-corrected chi connectivity index (χ2v) is 13.6. The van der Waals surface area contributed by atoms with Crippen LogP contribution < -0.4 is 15.4 Å². The molecule has 6 aromatic rings. The Bertz CT molecular complexity index is 2030. The lowest BCUT2D eigenvalue weighted by molar-refractivity contribution is -0.245. The van der Waals surface area contributed by atoms with Gasteiger partial charge in [-0.3, -0.25) is 0 Å². The van der Waals surface area contributed by atoms with Gasteiger partial charge in [0, 0.05) is 34.9 Å². The van der Waals surface area contributed by atoms with Crippen molar-refractivity contribution < 1.29 is 24.1 Å². The highest BCUT2D eigenvalue weighted by Crippen LogP contribution is 2.40. The summed E-state index contributed by atoms with van der Waals surface area (Å²) in [6, 6.07) is 51.3. The fourth-order valence-electron chi connectivity index (χ4n) is 6.01. The van der Waals surface area contributed by atoms with E-state index in [0.29, 0.717) is 18.0 Å². The molecule has 1 heterocycles. The fraction of sp³-hybridized carbons (Fsp3) is 0.159. The van der Waals surface area contributed by atoms with E-state index in [1.165, 1.54) is 4.90 Å². The van der Waals surface area contributed by atoms with Gasteiger partial charge in [0.2, 0.25) is 0 Å². The number of ether oxygens (including phenoxy) is 3. The summed E-state index contributed by atoms with van der Waals surface area (Å²) in [5.41, 5.74) is 6.65. The number of amides is 2. The number of nitrogens with one attached hydrogen (secondary N) is 2. The van der Waals surface area contributed by atoms with Crippen LogP contribution in [0.1, 0.15) is 41.1 Å². The molecule has 2 amide bonds. The molecule has 3 atom stereocenters. The van der Waals surface area contributed by atoms with Gasteiger partial charge >= 0.3 is 6.03 Å². The van der Waals surface area contributed by atoms with Crippen molar-refractivity contribution in [2.75, 3.05) is 11.1 Å². The molecule has 3 N–H and O–H groups in total. The zero-order valence-electron chi connectivity index (χ0n) is 28.6. The maximum absolute atomic E-state index is 12.7. The lowest BCUT2D eigenvalue weighted by Crippen LogP contribution is -2.31. The van der Waals surface area contributed by atoms with Crippen molar-refractivity contribution in [1.82, 2.24) is 5.32 Å². The largest absolute Gasteiger partial charge is 0.457 e. The van der Waals surface area contributed by atoms with E-state index >= 15 is 0 Å². The highest BCUT2D eigenvalue weighted by Gasteiger charge is 2.32. The number of carbonyl (C=O) groups excluding carboxylic acids is 1. The Hall–Kier alpha value is -5.38. The molecule has 0 bridgehead atoms. The zero-order chi connectivity index (χ0) is 35.5. The molecule has 0 unspecified atom stereocenters. The van der Waals surface area contributed by atoms with Crippen molar-refractivity contribution in [3.8, 4) is 22.6 Å². The van der Waals surface area contributed by atoms with Crippen molar-refractivity contribution in [3.05, 3.63) is 180 Å². The molecule has 262 valence electrons. The van der Waals surface area contributed by atoms with E-state index in [2.05, 4.69) is 71.3 Å². The SMILES string of the molecule is O=C(NCc1cccc(-c2ccc([C@H]3O[C@@H](CSc4ccccc4)C[C@@H](c4ccc(CO)cc4)O3)cc2)c1)Nc1ccc(Oc2ccccc2)cc1. The third-order valence-electron chi connectivity index (χ3n) is 8.78. The molecule has 0 aliphatic carbocycles. The maximum atomic E-state index is 12.7. The Balaban J connectivity index is 0.968. The molecule has 1 aliphatic rings. The zero-order valence-corrected chi connectivity index (χ0v) is 29.4. The van der Waals surface area contributed by atoms with Gasteiger partial charge in [0.25, 0.3) is 0 Å². The van der Waals surface area contributed by atoms with Gasteiger partial charge in [-0.2, -0.15) is 0 Å². The van der Waals surface area contributed by atoms with Crippen LogP contribution in [-0.2, 0) is 22.6 Å². The van der Waals surface area contributed by atoms with Crippen LogP contribution in [0.25, 0.3) is 11.1 Å². The minimum Gasteiger partial charge on any atom is -0.457 e. The molecule has 8 heteroatoms. The Morgan fingerprint density at radius 2 is 1.38 bits per heavy atom. The first kappa shape index (κ1) is 35.0. The van der Waals surface area contributed by atoms with Crippen LogP contribution in [0.5, 0.6) is 11.5 Å². The third-order valence-corrected chi connectivity index (χ3v) is 9.93. The predicted molar refractivity (Wildman–Crippen MR) is 206 cm³/mol. The van der Waals surface area contributed by atoms with E-state index in [1.54, 1.807) is 11.8 Å². The van der Waals surface area contributed by atoms with E-state index in [9.17, 15) is 9.90 Å². The van der Waals surface area contributed by atoms with Gasteiger partial charge in [-0.05, 0) is 82.4 Å². The molecule has 0 aromatic heterocycles. The van der Waals surface area contributed by atoms with Crippen LogP contribution in [0.3, 0.4) is 0 Å². The first-order valence-electron chi connectivity index (χ1n) is 17.3. The minimum absolute atomic E-state index is 0.0105. The number of aliphatic hydroxyl groups excluding tert-OH is 1. The van der Waals surface area contributed by atoms with Crippen molar-refractivity contribution in [1.29, 1.82) is 0 Å². The normalized spacial score (nSPS) is 16.9. The molecule has 1 saturated heterocycles. The smallest absolute Gasteiger partial charge is 0.319 e. The predicted octanol–water partition coefficient (Wildman–Crippen LogP) is 10.3. The molecular formula is C44H40N2O5S. The quantitative estimate of drug-likeness (QED) is 0.110. The van der Waals surface area contributed by atoms with Crippen LogP contribution in [0.4, 0.5) is 10.5 Å². The Kier molecular flexibility index (Phi) is 11.6. The number of benzene rings is 6. The number of thioether (sulfide) groups is 1. The van der Waals surface area contributed by atoms with Crippen LogP contribution >= 0.6 is 11.8 Å². The maximum Gasteiger partial charge on any atom is 0.319 e. The monoisotopic (exact) mass is 708 g/mol. The molecular weight excluding hydrogens is 669 g/mol. The summed E-state index contributed by atoms with van der Waals surface area (Å²) >= 11 is 1.79. The van der Waals surface area contributed by atoms with Crippen molar-refractivity contribution in [2.45, 2.75) is 43.0 Å². The van der Waals surface area contributed by atoms with Gasteiger partial charge in [-0.1, -0.05) is 103 Å². The fourth-order valence-corrected chi connectivity index (χ4v) is 6.95. The number of urea groups is 1. The molecule has 7 rings (SSSR count). The standard InChI is InChI=1S/C44H40N2O5S/c47-29-31-14-16-34(17-15-31)42-27-40(30-52-41-12-5-2-6-13-41)50-43(51-42)35-20-18-33(19-21-35)36-9-7-8-32(26-36)28-45-44(48)46-37-22-24-39(25-23-37)49-38-10-3-1-4-11-38/h1-26,40,42-43,47H,27-30H2,(H2,45,46,48)/t40-,42+,43+/m1/s1. The van der Waals surface area contributed by atoms with Crippen molar-refractivity contribution >= 4 is 23.5 Å². The van der Waals surface area contributed by atoms with Crippen LogP contribution in [0, 0.1) is 0 Å². The van der Waals surface area contributed by atoms with Crippen LogP contribution in [0.2, 0.25) is 0 Å². The van der Waals surface area contributed by atoms with E-state index in [1.807, 2.05) is 97.1 Å². The third kappa shape index (κ3) is 9.48. The summed E-state index contributed by atoms with van der Waals surface area (Å²) in [5, 5.41) is 15.4. The van der Waals surface area contributed by atoms with Gasteiger partial charge in [0.1, 0.15) is 11.5 Å². The van der Waals surface area contributed by atoms with Gasteiger partial charge in [-0.15, -0.1) is 11.8 Å². The number of hydrogen-bond donors (Lipinski definition) is 3. The highest BCUT2D eigenvalue weighted by molar-refractivity contribution is 7.99. The Labute approximate surface area is 308 Å². The van der Waals surface area contributed by atoms with Crippen molar-refractivity contribution in [3.63, 3.8) is 0 Å². The number of para-hydroxylation sites is 1. The van der Waals surface area contributed by atoms with Crippen LogP contribution in [-0.4, -0.2) is 23.0 Å². The highest BCUT2D eigenvalue weighted by atomic mass is 32.2. The minimum atomic E-state index is -0.520. The molecule has 7 nitrogen and oxygen atoms in total. The van der Waals surface area contributed by atoms with E-state index in [-0.39, 0.29) is 24.8 Å². The lowest BCUT2D eigenvalue weighted by atomic mass is 9.99. The summed E-state index contributed by atoms with van der Waals surface area (Å²) in [6.45, 7) is 0.385. The molecule has 0 saturated carbocycles. The number of anilines is 1. The topological polar surface area (TPSA) is 89.1 Å². The molecule has 6 aromatic carbocycles. The molecule has 52 heavy (non-hydrogen) atoms. The number of hydrogen-bond acceptors (Lipinski definition) is 6. The summed E-state index contributed by atoms with van der Waals surface area (Å²) in [5.74, 6) is 2.25. The lowest BCUT2D eigenvalue weighted by Gasteiger charge is -2.36. The summed E-state index contributed by atoms with van der Waals surface area (Å²) in [6.07, 6.45) is 0.0673. The average Bonchev–Trinajstić information content (AvgIpc) is 3.21. The van der Waals surface area contributed by atoms with E-state index < -0.39 is 6.29 Å².